The van der Waals surface area contributed by atoms with Crippen LogP contribution in [0.25, 0.3) is 0 Å². The van der Waals surface area contributed by atoms with Crippen molar-refractivity contribution in [2.24, 2.45) is 10.2 Å². The lowest BCUT2D eigenvalue weighted by Gasteiger charge is -2.07. The summed E-state index contributed by atoms with van der Waals surface area (Å²) >= 11 is 13.4. The molecular weight excluding hydrogens is 393 g/mol. The molecule has 1 amide bonds. The number of carbonyl (C=O) groups is 1. The van der Waals surface area contributed by atoms with Crippen molar-refractivity contribution in [1.82, 2.24) is 5.32 Å². The first-order chi connectivity index (χ1) is 12.6. The third kappa shape index (κ3) is 4.58. The van der Waals surface area contributed by atoms with Crippen LogP contribution in [-0.2, 0) is 11.2 Å². The molecule has 0 radical (unpaired) electrons. The third-order valence-corrected chi connectivity index (χ3v) is 5.34. The molecule has 1 atom stereocenters. The molecule has 0 aliphatic carbocycles. The van der Waals surface area contributed by atoms with Crippen LogP contribution in [0, 0.1) is 0 Å². The van der Waals surface area contributed by atoms with E-state index in [0.29, 0.717) is 27.4 Å². The Morgan fingerprint density at radius 2 is 2.08 bits per heavy atom. The Balaban J connectivity index is 1.67. The van der Waals surface area contributed by atoms with Gasteiger partial charge < -0.3 is 10.1 Å². The van der Waals surface area contributed by atoms with Gasteiger partial charge in [0.2, 0.25) is 5.91 Å². The molecule has 1 aliphatic heterocycles. The summed E-state index contributed by atoms with van der Waals surface area (Å²) in [7, 11) is 1.60. The summed E-state index contributed by atoms with van der Waals surface area (Å²) in [6.45, 7) is 0. The molecule has 5 nitrogen and oxygen atoms in total. The van der Waals surface area contributed by atoms with Crippen molar-refractivity contribution in [3.63, 3.8) is 0 Å². The predicted molar refractivity (Wildman–Crippen MR) is 108 cm³/mol. The van der Waals surface area contributed by atoms with Gasteiger partial charge in [0.1, 0.15) is 5.75 Å². The first kappa shape index (κ1) is 18.8. The first-order valence-corrected chi connectivity index (χ1v) is 9.36. The summed E-state index contributed by atoms with van der Waals surface area (Å²) < 4.78 is 5.25. The molecule has 8 heteroatoms. The number of amides is 1. The van der Waals surface area contributed by atoms with Gasteiger partial charge in [0.05, 0.1) is 18.6 Å². The molecule has 1 saturated heterocycles. The maximum Gasteiger partial charge on any atom is 0.239 e. The smallest absolute Gasteiger partial charge is 0.239 e. The van der Waals surface area contributed by atoms with E-state index in [-0.39, 0.29) is 11.2 Å². The van der Waals surface area contributed by atoms with Crippen molar-refractivity contribution in [2.45, 2.75) is 11.7 Å². The summed E-state index contributed by atoms with van der Waals surface area (Å²) in [5.74, 6) is 0.585. The lowest BCUT2D eigenvalue weighted by molar-refractivity contribution is -0.118. The number of methoxy groups -OCH3 is 1. The number of nitrogens with zero attached hydrogens (tertiary/aromatic N) is 2. The fraction of sp³-hybridized carbons (Fsp3) is 0.167. The number of halogens is 2. The highest BCUT2D eigenvalue weighted by Gasteiger charge is 2.30. The SMILES string of the molecule is COc1ccccc1/C=N\N=C1/NC(=O)C(Cc2ccc(Cl)cc2Cl)S1. The molecule has 0 bridgehead atoms. The zero-order chi connectivity index (χ0) is 18.5. The van der Waals surface area contributed by atoms with E-state index in [2.05, 4.69) is 15.5 Å². The Morgan fingerprint density at radius 1 is 1.27 bits per heavy atom. The predicted octanol–water partition coefficient (Wildman–Crippen LogP) is 4.17. The van der Waals surface area contributed by atoms with Crippen LogP contribution in [0.15, 0.2) is 52.7 Å². The maximum absolute atomic E-state index is 12.1. The number of hydrogen-bond acceptors (Lipinski definition) is 5. The number of rotatable bonds is 5. The zero-order valence-electron chi connectivity index (χ0n) is 13.8. The van der Waals surface area contributed by atoms with Crippen molar-refractivity contribution in [2.75, 3.05) is 7.11 Å². The Morgan fingerprint density at radius 3 is 2.85 bits per heavy atom. The Bertz CT molecular complexity index is 886. The molecule has 1 aliphatic rings. The standard InChI is InChI=1S/C18H15Cl2N3O2S/c1-25-15-5-3-2-4-12(15)10-21-23-18-22-17(24)16(26-18)8-11-6-7-13(19)9-14(11)20/h2-7,9-10,16H,8H2,1H3,(H,22,23,24)/b21-10-. The average molecular weight is 408 g/mol. The van der Waals surface area contributed by atoms with Crippen LogP contribution in [0.3, 0.4) is 0 Å². The second-order valence-electron chi connectivity index (χ2n) is 5.43. The van der Waals surface area contributed by atoms with Crippen LogP contribution in [0.5, 0.6) is 5.75 Å². The molecule has 0 spiro atoms. The lowest BCUT2D eigenvalue weighted by atomic mass is 10.1. The normalized spacial score (nSPS) is 18.5. The van der Waals surface area contributed by atoms with Gasteiger partial charge >= 0.3 is 0 Å². The Kier molecular flexibility index (Phi) is 6.19. The van der Waals surface area contributed by atoms with E-state index in [0.717, 1.165) is 11.1 Å². The van der Waals surface area contributed by atoms with E-state index in [1.807, 2.05) is 30.3 Å². The van der Waals surface area contributed by atoms with E-state index >= 15 is 0 Å². The van der Waals surface area contributed by atoms with E-state index in [1.54, 1.807) is 25.5 Å². The monoisotopic (exact) mass is 407 g/mol. The van der Waals surface area contributed by atoms with Crippen LogP contribution >= 0.6 is 35.0 Å². The molecule has 26 heavy (non-hydrogen) atoms. The van der Waals surface area contributed by atoms with Gasteiger partial charge in [0, 0.05) is 15.6 Å². The van der Waals surface area contributed by atoms with Gasteiger partial charge in [0.25, 0.3) is 0 Å². The highest BCUT2D eigenvalue weighted by molar-refractivity contribution is 8.15. The summed E-state index contributed by atoms with van der Waals surface area (Å²) in [5, 5.41) is 12.1. The van der Waals surface area contributed by atoms with Gasteiger partial charge in [-0.05, 0) is 36.2 Å². The summed E-state index contributed by atoms with van der Waals surface area (Å²) in [5.41, 5.74) is 1.67. The van der Waals surface area contributed by atoms with E-state index in [1.165, 1.54) is 11.8 Å². The number of benzene rings is 2. The van der Waals surface area contributed by atoms with Gasteiger partial charge in [-0.25, -0.2) is 0 Å². The maximum atomic E-state index is 12.1. The van der Waals surface area contributed by atoms with Crippen molar-refractivity contribution < 1.29 is 9.53 Å². The van der Waals surface area contributed by atoms with E-state index < -0.39 is 0 Å². The van der Waals surface area contributed by atoms with Crippen LogP contribution in [0.4, 0.5) is 0 Å². The highest BCUT2D eigenvalue weighted by Crippen LogP contribution is 2.28. The molecular formula is C18H15Cl2N3O2S. The molecule has 134 valence electrons. The minimum atomic E-state index is -0.311. The lowest BCUT2D eigenvalue weighted by Crippen LogP contribution is -2.26. The molecule has 1 unspecified atom stereocenters. The fourth-order valence-corrected chi connectivity index (χ4v) is 3.83. The van der Waals surface area contributed by atoms with Crippen LogP contribution in [-0.4, -0.2) is 29.6 Å². The minimum absolute atomic E-state index is 0.118. The Labute approximate surface area is 165 Å². The van der Waals surface area contributed by atoms with Crippen molar-refractivity contribution in [3.05, 3.63) is 63.6 Å². The fourth-order valence-electron chi connectivity index (χ4n) is 2.39. The number of thioether (sulfide) groups is 1. The molecule has 1 fully saturated rings. The van der Waals surface area contributed by atoms with Crippen LogP contribution < -0.4 is 10.1 Å². The van der Waals surface area contributed by atoms with Crippen LogP contribution in [0.1, 0.15) is 11.1 Å². The van der Waals surface area contributed by atoms with Crippen molar-refractivity contribution in [1.29, 1.82) is 0 Å². The number of hydrogen-bond donors (Lipinski definition) is 1. The average Bonchev–Trinajstić information content (AvgIpc) is 2.97. The molecule has 2 aromatic rings. The summed E-state index contributed by atoms with van der Waals surface area (Å²) in [4.78, 5) is 12.1. The number of amidine groups is 1. The van der Waals surface area contributed by atoms with Gasteiger partial charge in [0.15, 0.2) is 5.17 Å². The Hall–Kier alpha value is -2.02. The van der Waals surface area contributed by atoms with Gasteiger partial charge in [-0.2, -0.15) is 5.10 Å². The zero-order valence-corrected chi connectivity index (χ0v) is 16.1. The van der Waals surface area contributed by atoms with Crippen LogP contribution in [0.2, 0.25) is 10.0 Å². The molecule has 3 rings (SSSR count). The highest BCUT2D eigenvalue weighted by atomic mass is 35.5. The number of carbonyl (C=O) groups excluding carboxylic acids is 1. The number of ether oxygens (including phenoxy) is 1. The summed E-state index contributed by atoms with van der Waals surface area (Å²) in [6, 6.07) is 12.7. The largest absolute Gasteiger partial charge is 0.496 e. The van der Waals surface area contributed by atoms with E-state index in [9.17, 15) is 4.79 Å². The first-order valence-electron chi connectivity index (χ1n) is 7.72. The molecule has 0 saturated carbocycles. The molecule has 1 heterocycles. The quantitative estimate of drug-likeness (QED) is 0.597. The molecule has 2 aromatic carbocycles. The van der Waals surface area contributed by atoms with E-state index in [4.69, 9.17) is 27.9 Å². The van der Waals surface area contributed by atoms with Gasteiger partial charge in [-0.1, -0.05) is 53.2 Å². The summed E-state index contributed by atoms with van der Waals surface area (Å²) in [6.07, 6.45) is 2.07. The topological polar surface area (TPSA) is 63.1 Å². The second-order valence-corrected chi connectivity index (χ2v) is 7.46. The van der Waals surface area contributed by atoms with Crippen molar-refractivity contribution in [3.8, 4) is 5.75 Å². The molecule has 1 N–H and O–H groups in total. The number of nitrogens with one attached hydrogen (secondary N) is 1. The third-order valence-electron chi connectivity index (χ3n) is 3.68. The van der Waals surface area contributed by atoms with Gasteiger partial charge in [-0.15, -0.1) is 5.10 Å². The van der Waals surface area contributed by atoms with Gasteiger partial charge in [-0.3, -0.25) is 4.79 Å². The van der Waals surface area contributed by atoms with Crippen molar-refractivity contribution >= 4 is 52.3 Å². The molecule has 0 aromatic heterocycles. The second kappa shape index (κ2) is 8.58. The minimum Gasteiger partial charge on any atom is -0.496 e. The number of para-hydroxylation sites is 1.